The Kier molecular flexibility index (Phi) is 7.81. The highest BCUT2D eigenvalue weighted by atomic mass is 32.2. The topological polar surface area (TPSA) is 83.5 Å². The van der Waals surface area contributed by atoms with Crippen LogP contribution in [0.2, 0.25) is 0 Å². The number of sulfone groups is 1. The van der Waals surface area contributed by atoms with E-state index in [0.717, 1.165) is 12.8 Å². The summed E-state index contributed by atoms with van der Waals surface area (Å²) in [5, 5.41) is 7.96. The maximum Gasteiger partial charge on any atom is 0.244 e. The third-order valence-electron chi connectivity index (χ3n) is 4.34. The monoisotopic (exact) mass is 375 g/mol. The van der Waals surface area contributed by atoms with Crippen molar-refractivity contribution < 1.29 is 18.4 Å². The second kappa shape index (κ2) is 10.1. The number of rotatable bonds is 10. The molecular weight excluding hydrogens is 350 g/mol. The van der Waals surface area contributed by atoms with Crippen LogP contribution in [0, 0.1) is 0 Å². The van der Waals surface area contributed by atoms with Crippen LogP contribution in [0.3, 0.4) is 0 Å². The van der Waals surface area contributed by atoms with E-state index in [0.29, 0.717) is 18.4 Å². The zero-order valence-electron chi connectivity index (χ0n) is 14.7. The first-order chi connectivity index (χ1) is 12.5. The fraction of sp³-hybridized carbons (Fsp3) is 0.350. The fourth-order valence-electron chi connectivity index (χ4n) is 2.93. The standard InChI is InChI=1S/C20H25NO4S/c22-20(21-23)15-19(14-8-7-11-17-9-3-1-4-10-17)26(24,25)16-18-12-5-2-6-13-18/h1-6,9-10,12-13,19,23H,7-8,11,14-16H2,(H,21,22). The summed E-state index contributed by atoms with van der Waals surface area (Å²) in [5.41, 5.74) is 3.46. The first-order valence-electron chi connectivity index (χ1n) is 8.73. The van der Waals surface area contributed by atoms with Gasteiger partial charge in [-0.2, -0.15) is 0 Å². The average molecular weight is 375 g/mol. The van der Waals surface area contributed by atoms with Crippen molar-refractivity contribution in [3.8, 4) is 0 Å². The summed E-state index contributed by atoms with van der Waals surface area (Å²) in [6, 6.07) is 18.9. The van der Waals surface area contributed by atoms with Gasteiger partial charge in [0.15, 0.2) is 9.84 Å². The molecule has 5 nitrogen and oxygen atoms in total. The van der Waals surface area contributed by atoms with E-state index < -0.39 is 21.0 Å². The van der Waals surface area contributed by atoms with Gasteiger partial charge in [-0.25, -0.2) is 13.9 Å². The van der Waals surface area contributed by atoms with Gasteiger partial charge in [-0.05, 0) is 30.4 Å². The van der Waals surface area contributed by atoms with Gasteiger partial charge in [0.25, 0.3) is 0 Å². The highest BCUT2D eigenvalue weighted by molar-refractivity contribution is 7.91. The van der Waals surface area contributed by atoms with E-state index in [1.165, 1.54) is 5.56 Å². The quantitative estimate of drug-likeness (QED) is 0.379. The van der Waals surface area contributed by atoms with E-state index in [4.69, 9.17) is 5.21 Å². The van der Waals surface area contributed by atoms with Gasteiger partial charge in [-0.15, -0.1) is 0 Å². The lowest BCUT2D eigenvalue weighted by Crippen LogP contribution is -2.30. The lowest BCUT2D eigenvalue weighted by Gasteiger charge is -2.17. The number of hydrogen-bond acceptors (Lipinski definition) is 4. The number of carbonyl (C=O) groups is 1. The van der Waals surface area contributed by atoms with Crippen LogP contribution < -0.4 is 5.48 Å². The minimum absolute atomic E-state index is 0.101. The molecule has 0 heterocycles. The molecule has 2 aromatic carbocycles. The van der Waals surface area contributed by atoms with Crippen LogP contribution >= 0.6 is 0 Å². The Morgan fingerprint density at radius 3 is 2.08 bits per heavy atom. The van der Waals surface area contributed by atoms with Crippen LogP contribution in [0.1, 0.15) is 36.8 Å². The highest BCUT2D eigenvalue weighted by Gasteiger charge is 2.27. The molecular formula is C20H25NO4S. The van der Waals surface area contributed by atoms with Crippen molar-refractivity contribution in [1.82, 2.24) is 5.48 Å². The van der Waals surface area contributed by atoms with Gasteiger partial charge >= 0.3 is 0 Å². The van der Waals surface area contributed by atoms with E-state index in [1.54, 1.807) is 29.7 Å². The third-order valence-corrected chi connectivity index (χ3v) is 6.49. The molecule has 1 unspecified atom stereocenters. The van der Waals surface area contributed by atoms with E-state index in [-0.39, 0.29) is 12.2 Å². The van der Waals surface area contributed by atoms with Gasteiger partial charge in [-0.3, -0.25) is 10.0 Å². The summed E-state index contributed by atoms with van der Waals surface area (Å²) < 4.78 is 25.5. The Labute approximate surface area is 154 Å². The molecule has 1 amide bonds. The van der Waals surface area contributed by atoms with Crippen LogP contribution in [-0.2, 0) is 26.8 Å². The molecule has 1 atom stereocenters. The second-order valence-corrected chi connectivity index (χ2v) is 8.67. The second-order valence-electron chi connectivity index (χ2n) is 6.39. The number of nitrogens with one attached hydrogen (secondary N) is 1. The van der Waals surface area contributed by atoms with Crippen molar-refractivity contribution in [2.24, 2.45) is 0 Å². The van der Waals surface area contributed by atoms with Gasteiger partial charge < -0.3 is 0 Å². The summed E-state index contributed by atoms with van der Waals surface area (Å²) in [6.45, 7) is 0. The van der Waals surface area contributed by atoms with Gasteiger partial charge in [0.1, 0.15) is 0 Å². The lowest BCUT2D eigenvalue weighted by molar-refractivity contribution is -0.129. The van der Waals surface area contributed by atoms with Gasteiger partial charge in [0.2, 0.25) is 5.91 Å². The van der Waals surface area contributed by atoms with Crippen LogP contribution in [-0.4, -0.2) is 24.8 Å². The summed E-state index contributed by atoms with van der Waals surface area (Å²) >= 11 is 0. The molecule has 0 radical (unpaired) electrons. The SMILES string of the molecule is O=C(CC(CCCCc1ccccc1)S(=O)(=O)Cc1ccccc1)NO. The van der Waals surface area contributed by atoms with Crippen LogP contribution in [0.25, 0.3) is 0 Å². The molecule has 0 saturated carbocycles. The molecule has 140 valence electrons. The highest BCUT2D eigenvalue weighted by Crippen LogP contribution is 2.20. The Morgan fingerprint density at radius 2 is 1.50 bits per heavy atom. The van der Waals surface area contributed by atoms with E-state index in [2.05, 4.69) is 0 Å². The van der Waals surface area contributed by atoms with Crippen molar-refractivity contribution in [2.75, 3.05) is 0 Å². The van der Waals surface area contributed by atoms with Crippen molar-refractivity contribution in [3.05, 3.63) is 71.8 Å². The maximum absolute atomic E-state index is 12.8. The van der Waals surface area contributed by atoms with Crippen molar-refractivity contribution in [3.63, 3.8) is 0 Å². The molecule has 0 aromatic heterocycles. The number of unbranched alkanes of at least 4 members (excludes halogenated alkanes) is 1. The fourth-order valence-corrected chi connectivity index (χ4v) is 4.76. The molecule has 0 spiro atoms. The predicted octanol–water partition coefficient (Wildman–Crippen LogP) is 3.28. The smallest absolute Gasteiger partial charge is 0.244 e. The molecule has 0 aliphatic rings. The Balaban J connectivity index is 1.96. The number of amides is 1. The zero-order chi connectivity index (χ0) is 18.8. The molecule has 2 aromatic rings. The van der Waals surface area contributed by atoms with Crippen LogP contribution in [0.4, 0.5) is 0 Å². The van der Waals surface area contributed by atoms with Crippen LogP contribution in [0.15, 0.2) is 60.7 Å². The normalized spacial score (nSPS) is 12.5. The molecule has 0 aliphatic heterocycles. The van der Waals surface area contributed by atoms with Gasteiger partial charge in [0.05, 0.1) is 11.0 Å². The van der Waals surface area contributed by atoms with E-state index in [9.17, 15) is 13.2 Å². The zero-order valence-corrected chi connectivity index (χ0v) is 15.5. The lowest BCUT2D eigenvalue weighted by atomic mass is 10.1. The van der Waals surface area contributed by atoms with Crippen LogP contribution in [0.5, 0.6) is 0 Å². The molecule has 2 rings (SSSR count). The number of benzene rings is 2. The van der Waals surface area contributed by atoms with E-state index >= 15 is 0 Å². The van der Waals surface area contributed by atoms with Crippen molar-refractivity contribution >= 4 is 15.7 Å². The minimum Gasteiger partial charge on any atom is -0.289 e. The molecule has 0 saturated heterocycles. The summed E-state index contributed by atoms with van der Waals surface area (Å²) in [5.74, 6) is -0.773. The Bertz CT molecular complexity index is 776. The van der Waals surface area contributed by atoms with Crippen molar-refractivity contribution in [2.45, 2.75) is 43.1 Å². The molecule has 0 fully saturated rings. The number of hydrogen-bond donors (Lipinski definition) is 2. The Hall–Kier alpha value is -2.18. The predicted molar refractivity (Wildman–Crippen MR) is 101 cm³/mol. The van der Waals surface area contributed by atoms with Gasteiger partial charge in [-0.1, -0.05) is 67.1 Å². The summed E-state index contributed by atoms with van der Waals surface area (Å²) in [4.78, 5) is 11.5. The largest absolute Gasteiger partial charge is 0.289 e. The third kappa shape index (κ3) is 6.61. The number of carbonyl (C=O) groups excluding carboxylic acids is 1. The minimum atomic E-state index is -3.50. The molecule has 26 heavy (non-hydrogen) atoms. The number of aryl methyl sites for hydroxylation is 1. The van der Waals surface area contributed by atoms with E-state index in [1.807, 2.05) is 36.4 Å². The van der Waals surface area contributed by atoms with Crippen molar-refractivity contribution in [1.29, 1.82) is 0 Å². The molecule has 2 N–H and O–H groups in total. The summed E-state index contributed by atoms with van der Waals surface area (Å²) in [6.07, 6.45) is 2.60. The van der Waals surface area contributed by atoms with Gasteiger partial charge in [0, 0.05) is 6.42 Å². The average Bonchev–Trinajstić information content (AvgIpc) is 2.65. The molecule has 0 bridgehead atoms. The maximum atomic E-state index is 12.8. The molecule has 0 aliphatic carbocycles. The number of hydroxylamine groups is 1. The Morgan fingerprint density at radius 1 is 0.923 bits per heavy atom. The first kappa shape index (κ1) is 20.1. The first-order valence-corrected chi connectivity index (χ1v) is 10.4. The summed E-state index contributed by atoms with van der Waals surface area (Å²) in [7, 11) is -3.50. The molecule has 6 heteroatoms.